The van der Waals surface area contributed by atoms with Gasteiger partial charge in [-0.05, 0) is 25.7 Å². The molecule has 4 atom stereocenters. The highest BCUT2D eigenvalue weighted by molar-refractivity contribution is 5.78. The lowest BCUT2D eigenvalue weighted by Gasteiger charge is -2.23. The summed E-state index contributed by atoms with van der Waals surface area (Å²) in [7, 11) is 0. The highest BCUT2D eigenvalue weighted by atomic mass is 16.1. The summed E-state index contributed by atoms with van der Waals surface area (Å²) in [5.74, 6) is 0.422. The van der Waals surface area contributed by atoms with Crippen molar-refractivity contribution in [2.75, 3.05) is 0 Å². The second-order valence-electron chi connectivity index (χ2n) is 5.09. The maximum absolute atomic E-state index is 11.8. The number of carbonyl (C=O) groups is 1. The molecule has 0 aromatic carbocycles. The molecule has 2 bridgehead atoms. The molecule has 0 aromatic rings. The average molecular weight is 210 g/mol. The molecule has 2 saturated heterocycles. The highest BCUT2D eigenvalue weighted by Crippen LogP contribution is 2.28. The van der Waals surface area contributed by atoms with Crippen LogP contribution < -0.4 is 10.6 Å². The van der Waals surface area contributed by atoms with Crippen molar-refractivity contribution in [2.24, 2.45) is 5.92 Å². The fourth-order valence-electron chi connectivity index (χ4n) is 2.87. The van der Waals surface area contributed by atoms with Gasteiger partial charge in [-0.25, -0.2) is 0 Å². The lowest BCUT2D eigenvalue weighted by atomic mass is 9.94. The summed E-state index contributed by atoms with van der Waals surface area (Å²) in [6, 6.07) is 1.62. The molecule has 0 spiro atoms. The van der Waals surface area contributed by atoms with E-state index in [-0.39, 0.29) is 11.8 Å². The number of carbonyl (C=O) groups excluding carboxylic acids is 1. The maximum atomic E-state index is 11.8. The van der Waals surface area contributed by atoms with Crippen LogP contribution >= 0.6 is 0 Å². The van der Waals surface area contributed by atoms with E-state index in [1.165, 1.54) is 12.8 Å². The number of hydrogen-bond acceptors (Lipinski definition) is 2. The van der Waals surface area contributed by atoms with Gasteiger partial charge in [-0.1, -0.05) is 20.3 Å². The van der Waals surface area contributed by atoms with Crippen molar-refractivity contribution < 1.29 is 4.79 Å². The average Bonchev–Trinajstić information content (AvgIpc) is 2.79. The summed E-state index contributed by atoms with van der Waals surface area (Å²) >= 11 is 0. The van der Waals surface area contributed by atoms with Crippen molar-refractivity contribution in [3.05, 3.63) is 0 Å². The standard InChI is InChI=1S/C12H22N2O/c1-3-4-8(2)12(15)14-11-7-9-5-6-10(11)13-9/h8-11,13H,3-7H2,1-2H3,(H,14,15). The van der Waals surface area contributed by atoms with Gasteiger partial charge in [0.2, 0.25) is 5.91 Å². The van der Waals surface area contributed by atoms with Crippen molar-refractivity contribution in [2.45, 2.75) is 64.1 Å². The van der Waals surface area contributed by atoms with Crippen molar-refractivity contribution in [3.8, 4) is 0 Å². The Kier molecular flexibility index (Phi) is 3.29. The van der Waals surface area contributed by atoms with E-state index < -0.39 is 0 Å². The molecular formula is C12H22N2O. The predicted octanol–water partition coefficient (Wildman–Crippen LogP) is 1.43. The summed E-state index contributed by atoms with van der Waals surface area (Å²) < 4.78 is 0. The van der Waals surface area contributed by atoms with Crippen molar-refractivity contribution >= 4 is 5.91 Å². The first-order chi connectivity index (χ1) is 7.20. The van der Waals surface area contributed by atoms with Crippen LogP contribution in [0.15, 0.2) is 0 Å². The van der Waals surface area contributed by atoms with Gasteiger partial charge in [0.25, 0.3) is 0 Å². The minimum Gasteiger partial charge on any atom is -0.352 e. The highest BCUT2D eigenvalue weighted by Gasteiger charge is 2.39. The van der Waals surface area contributed by atoms with Crippen molar-refractivity contribution in [1.29, 1.82) is 0 Å². The first kappa shape index (κ1) is 10.9. The van der Waals surface area contributed by atoms with Crippen LogP contribution in [-0.4, -0.2) is 24.0 Å². The molecule has 3 nitrogen and oxygen atoms in total. The number of hydrogen-bond donors (Lipinski definition) is 2. The van der Waals surface area contributed by atoms with E-state index in [0.29, 0.717) is 18.1 Å². The zero-order valence-corrected chi connectivity index (χ0v) is 9.75. The zero-order valence-electron chi connectivity index (χ0n) is 9.75. The summed E-state index contributed by atoms with van der Waals surface area (Å²) in [5, 5.41) is 6.73. The molecular weight excluding hydrogens is 188 g/mol. The Morgan fingerprint density at radius 1 is 1.53 bits per heavy atom. The molecule has 0 saturated carbocycles. The van der Waals surface area contributed by atoms with Crippen molar-refractivity contribution in [1.82, 2.24) is 10.6 Å². The molecule has 2 heterocycles. The van der Waals surface area contributed by atoms with Gasteiger partial charge in [0.1, 0.15) is 0 Å². The minimum absolute atomic E-state index is 0.175. The van der Waals surface area contributed by atoms with Crippen LogP contribution in [0.25, 0.3) is 0 Å². The molecule has 0 radical (unpaired) electrons. The molecule has 0 aromatic heterocycles. The smallest absolute Gasteiger partial charge is 0.223 e. The van der Waals surface area contributed by atoms with E-state index in [9.17, 15) is 4.79 Å². The molecule has 2 rings (SSSR count). The quantitative estimate of drug-likeness (QED) is 0.737. The van der Waals surface area contributed by atoms with Gasteiger partial charge < -0.3 is 10.6 Å². The summed E-state index contributed by atoms with van der Waals surface area (Å²) in [4.78, 5) is 11.8. The van der Waals surface area contributed by atoms with E-state index >= 15 is 0 Å². The molecule has 2 aliphatic rings. The molecule has 3 heteroatoms. The fourth-order valence-corrected chi connectivity index (χ4v) is 2.87. The third kappa shape index (κ3) is 2.33. The summed E-state index contributed by atoms with van der Waals surface area (Å²) in [5.41, 5.74) is 0. The van der Waals surface area contributed by atoms with Gasteiger partial charge >= 0.3 is 0 Å². The molecule has 0 aliphatic carbocycles. The lowest BCUT2D eigenvalue weighted by molar-refractivity contribution is -0.125. The molecule has 2 N–H and O–H groups in total. The Balaban J connectivity index is 1.79. The number of nitrogens with one attached hydrogen (secondary N) is 2. The molecule has 2 fully saturated rings. The van der Waals surface area contributed by atoms with Crippen LogP contribution in [0.1, 0.15) is 46.0 Å². The predicted molar refractivity (Wildman–Crippen MR) is 60.6 cm³/mol. The van der Waals surface area contributed by atoms with Gasteiger partial charge in [-0.2, -0.15) is 0 Å². The maximum Gasteiger partial charge on any atom is 0.223 e. The first-order valence-electron chi connectivity index (χ1n) is 6.27. The summed E-state index contributed by atoms with van der Waals surface area (Å²) in [6.45, 7) is 4.16. The van der Waals surface area contributed by atoms with Crippen LogP contribution in [0.2, 0.25) is 0 Å². The van der Waals surface area contributed by atoms with Gasteiger partial charge in [-0.15, -0.1) is 0 Å². The Morgan fingerprint density at radius 3 is 2.87 bits per heavy atom. The molecule has 4 unspecified atom stereocenters. The SMILES string of the molecule is CCCC(C)C(=O)NC1CC2CCC1N2. The van der Waals surface area contributed by atoms with Crippen LogP contribution in [0.5, 0.6) is 0 Å². The van der Waals surface area contributed by atoms with Crippen LogP contribution in [0, 0.1) is 5.92 Å². The fraction of sp³-hybridized carbons (Fsp3) is 0.917. The largest absolute Gasteiger partial charge is 0.352 e. The number of amides is 1. The van der Waals surface area contributed by atoms with E-state index in [0.717, 1.165) is 19.3 Å². The van der Waals surface area contributed by atoms with Crippen LogP contribution in [0.4, 0.5) is 0 Å². The Bertz CT molecular complexity index is 242. The molecule has 2 aliphatic heterocycles. The number of rotatable bonds is 4. The minimum atomic E-state index is 0.175. The van der Waals surface area contributed by atoms with Gasteiger partial charge in [-0.3, -0.25) is 4.79 Å². The molecule has 1 amide bonds. The topological polar surface area (TPSA) is 41.1 Å². The first-order valence-corrected chi connectivity index (χ1v) is 6.27. The molecule has 86 valence electrons. The van der Waals surface area contributed by atoms with E-state index in [4.69, 9.17) is 0 Å². The van der Waals surface area contributed by atoms with E-state index in [1.54, 1.807) is 0 Å². The summed E-state index contributed by atoms with van der Waals surface area (Å²) in [6.07, 6.45) is 5.75. The Morgan fingerprint density at radius 2 is 2.33 bits per heavy atom. The third-order valence-corrected chi connectivity index (χ3v) is 3.80. The van der Waals surface area contributed by atoms with E-state index in [2.05, 4.69) is 17.6 Å². The van der Waals surface area contributed by atoms with Crippen LogP contribution in [0.3, 0.4) is 0 Å². The zero-order chi connectivity index (χ0) is 10.8. The third-order valence-electron chi connectivity index (χ3n) is 3.80. The Hall–Kier alpha value is -0.570. The second kappa shape index (κ2) is 4.52. The Labute approximate surface area is 92.0 Å². The monoisotopic (exact) mass is 210 g/mol. The normalized spacial score (nSPS) is 35.5. The van der Waals surface area contributed by atoms with Crippen molar-refractivity contribution in [3.63, 3.8) is 0 Å². The van der Waals surface area contributed by atoms with Gasteiger partial charge in [0.15, 0.2) is 0 Å². The lowest BCUT2D eigenvalue weighted by Crippen LogP contribution is -2.44. The number of fused-ring (bicyclic) bond motifs is 2. The van der Waals surface area contributed by atoms with Crippen LogP contribution in [-0.2, 0) is 4.79 Å². The second-order valence-corrected chi connectivity index (χ2v) is 5.09. The van der Waals surface area contributed by atoms with E-state index in [1.807, 2.05) is 6.92 Å². The molecule has 15 heavy (non-hydrogen) atoms. The van der Waals surface area contributed by atoms with Gasteiger partial charge in [0, 0.05) is 24.0 Å². The van der Waals surface area contributed by atoms with Gasteiger partial charge in [0.05, 0.1) is 0 Å².